The number of nitrogens with one attached hydrogen (secondary N) is 1. The first kappa shape index (κ1) is 17.1. The SMILES string of the molecule is O=C(/C=C/c1ccccc1)N1CCO[C@@H](CCc2cc(=O)[nH]cn2)C1. The predicted octanol–water partition coefficient (Wildman–Crippen LogP) is 1.64. The van der Waals surface area contributed by atoms with Crippen molar-refractivity contribution in [3.8, 4) is 0 Å². The highest BCUT2D eigenvalue weighted by Gasteiger charge is 2.22. The van der Waals surface area contributed by atoms with Crippen molar-refractivity contribution in [2.75, 3.05) is 19.7 Å². The molecule has 1 aromatic carbocycles. The number of amides is 1. The van der Waals surface area contributed by atoms with Crippen LogP contribution in [0, 0.1) is 0 Å². The van der Waals surface area contributed by atoms with Gasteiger partial charge in [0.05, 0.1) is 19.0 Å². The van der Waals surface area contributed by atoms with E-state index in [1.807, 2.05) is 36.4 Å². The van der Waals surface area contributed by atoms with Gasteiger partial charge in [-0.05, 0) is 24.5 Å². The second kappa shape index (κ2) is 8.39. The minimum atomic E-state index is -0.155. The molecule has 0 spiro atoms. The summed E-state index contributed by atoms with van der Waals surface area (Å²) >= 11 is 0. The van der Waals surface area contributed by atoms with Gasteiger partial charge in [-0.2, -0.15) is 0 Å². The molecular weight excluding hydrogens is 318 g/mol. The summed E-state index contributed by atoms with van der Waals surface area (Å²) in [5.74, 6) is -0.00793. The molecule has 0 aliphatic carbocycles. The van der Waals surface area contributed by atoms with Gasteiger partial charge >= 0.3 is 0 Å². The van der Waals surface area contributed by atoms with Gasteiger partial charge in [0.1, 0.15) is 0 Å². The smallest absolute Gasteiger partial charge is 0.250 e. The van der Waals surface area contributed by atoms with Gasteiger partial charge in [0.25, 0.3) is 5.56 Å². The Morgan fingerprint density at radius 2 is 2.20 bits per heavy atom. The summed E-state index contributed by atoms with van der Waals surface area (Å²) in [4.78, 5) is 32.1. The van der Waals surface area contributed by atoms with E-state index in [2.05, 4.69) is 9.97 Å². The molecule has 1 N–H and O–H groups in total. The lowest BCUT2D eigenvalue weighted by molar-refractivity contribution is -0.133. The van der Waals surface area contributed by atoms with Crippen LogP contribution in [0.1, 0.15) is 17.7 Å². The number of hydrogen-bond acceptors (Lipinski definition) is 4. The third-order valence-corrected chi connectivity index (χ3v) is 4.13. The fraction of sp³-hybridized carbons (Fsp3) is 0.316. The average molecular weight is 339 g/mol. The second-order valence-electron chi connectivity index (χ2n) is 5.96. The first-order chi connectivity index (χ1) is 12.2. The Kier molecular flexibility index (Phi) is 5.74. The number of rotatable bonds is 5. The Morgan fingerprint density at radius 3 is 3.00 bits per heavy atom. The zero-order chi connectivity index (χ0) is 17.5. The van der Waals surface area contributed by atoms with Crippen LogP contribution in [0.5, 0.6) is 0 Å². The van der Waals surface area contributed by atoms with Crippen LogP contribution in [-0.2, 0) is 16.0 Å². The summed E-state index contributed by atoms with van der Waals surface area (Å²) in [6.45, 7) is 1.68. The number of morpholine rings is 1. The van der Waals surface area contributed by atoms with E-state index in [0.29, 0.717) is 26.1 Å². The molecule has 6 heteroatoms. The highest BCUT2D eigenvalue weighted by atomic mass is 16.5. The first-order valence-electron chi connectivity index (χ1n) is 8.38. The molecule has 3 rings (SSSR count). The number of aromatic nitrogens is 2. The highest BCUT2D eigenvalue weighted by Crippen LogP contribution is 2.12. The van der Waals surface area contributed by atoms with Crippen molar-refractivity contribution in [3.05, 3.63) is 70.4 Å². The van der Waals surface area contributed by atoms with E-state index in [-0.39, 0.29) is 17.6 Å². The summed E-state index contributed by atoms with van der Waals surface area (Å²) in [6.07, 6.45) is 6.18. The Bertz CT molecular complexity index is 786. The van der Waals surface area contributed by atoms with E-state index in [9.17, 15) is 9.59 Å². The Morgan fingerprint density at radius 1 is 1.36 bits per heavy atom. The maximum absolute atomic E-state index is 12.4. The van der Waals surface area contributed by atoms with Crippen LogP contribution in [0.4, 0.5) is 0 Å². The molecule has 1 aliphatic rings. The molecule has 0 bridgehead atoms. The van der Waals surface area contributed by atoms with E-state index in [4.69, 9.17) is 4.74 Å². The van der Waals surface area contributed by atoms with Crippen LogP contribution >= 0.6 is 0 Å². The maximum atomic E-state index is 12.4. The van der Waals surface area contributed by atoms with Gasteiger partial charge in [-0.15, -0.1) is 0 Å². The second-order valence-corrected chi connectivity index (χ2v) is 5.96. The number of carbonyl (C=O) groups is 1. The lowest BCUT2D eigenvalue weighted by atomic mass is 10.1. The van der Waals surface area contributed by atoms with E-state index >= 15 is 0 Å². The molecule has 0 radical (unpaired) electrons. The third-order valence-electron chi connectivity index (χ3n) is 4.13. The number of ether oxygens (including phenoxy) is 1. The van der Waals surface area contributed by atoms with Crippen molar-refractivity contribution in [1.82, 2.24) is 14.9 Å². The van der Waals surface area contributed by atoms with E-state index in [1.165, 1.54) is 12.4 Å². The minimum Gasteiger partial charge on any atom is -0.375 e. The topological polar surface area (TPSA) is 75.3 Å². The van der Waals surface area contributed by atoms with Gasteiger partial charge in [-0.3, -0.25) is 9.59 Å². The third kappa shape index (κ3) is 5.12. The summed E-state index contributed by atoms with van der Waals surface area (Å²) in [5, 5.41) is 0. The lowest BCUT2D eigenvalue weighted by Crippen LogP contribution is -2.45. The van der Waals surface area contributed by atoms with Crippen molar-refractivity contribution >= 4 is 12.0 Å². The van der Waals surface area contributed by atoms with Crippen molar-refractivity contribution in [1.29, 1.82) is 0 Å². The van der Waals surface area contributed by atoms with Crippen molar-refractivity contribution in [2.24, 2.45) is 0 Å². The summed E-state index contributed by atoms with van der Waals surface area (Å²) < 4.78 is 5.74. The number of aryl methyl sites for hydroxylation is 1. The quantitative estimate of drug-likeness (QED) is 0.841. The molecule has 6 nitrogen and oxygen atoms in total. The molecule has 25 heavy (non-hydrogen) atoms. The average Bonchev–Trinajstić information content (AvgIpc) is 2.65. The van der Waals surface area contributed by atoms with Crippen LogP contribution in [0.25, 0.3) is 6.08 Å². The molecule has 1 atom stereocenters. The number of hydrogen-bond donors (Lipinski definition) is 1. The standard InChI is InChI=1S/C19H21N3O3/c23-18-12-16(20-14-21-18)7-8-17-13-22(10-11-25-17)19(24)9-6-15-4-2-1-3-5-15/h1-6,9,12,14,17H,7-8,10-11,13H2,(H,20,21,23)/b9-6+/t17-/m0/s1. The lowest BCUT2D eigenvalue weighted by Gasteiger charge is -2.32. The van der Waals surface area contributed by atoms with Crippen molar-refractivity contribution < 1.29 is 9.53 Å². The largest absolute Gasteiger partial charge is 0.375 e. The van der Waals surface area contributed by atoms with Crippen LogP contribution < -0.4 is 5.56 Å². The zero-order valence-electron chi connectivity index (χ0n) is 13.9. The van der Waals surface area contributed by atoms with Gasteiger partial charge in [0.2, 0.25) is 5.91 Å². The molecule has 0 saturated carbocycles. The molecule has 130 valence electrons. The molecule has 1 saturated heterocycles. The van der Waals surface area contributed by atoms with Crippen molar-refractivity contribution in [2.45, 2.75) is 18.9 Å². The summed E-state index contributed by atoms with van der Waals surface area (Å²) in [7, 11) is 0. The normalized spacial score (nSPS) is 17.8. The maximum Gasteiger partial charge on any atom is 0.250 e. The molecule has 2 heterocycles. The van der Waals surface area contributed by atoms with Crippen molar-refractivity contribution in [3.63, 3.8) is 0 Å². The van der Waals surface area contributed by atoms with Gasteiger partial charge in [-0.1, -0.05) is 30.3 Å². The number of benzene rings is 1. The first-order valence-corrected chi connectivity index (χ1v) is 8.38. The molecule has 0 unspecified atom stereocenters. The van der Waals surface area contributed by atoms with Crippen LogP contribution in [0.15, 0.2) is 53.6 Å². The number of nitrogens with zero attached hydrogens (tertiary/aromatic N) is 2. The summed E-state index contributed by atoms with van der Waals surface area (Å²) in [6, 6.07) is 11.2. The number of aromatic amines is 1. The molecule has 1 fully saturated rings. The number of carbonyl (C=O) groups excluding carboxylic acids is 1. The van der Waals surface area contributed by atoms with E-state index in [1.54, 1.807) is 11.0 Å². The van der Waals surface area contributed by atoms with Crippen LogP contribution in [0.3, 0.4) is 0 Å². The molecule has 1 aliphatic heterocycles. The van der Waals surface area contributed by atoms with Crippen LogP contribution in [-0.4, -0.2) is 46.6 Å². The van der Waals surface area contributed by atoms with Gasteiger partial charge < -0.3 is 14.6 Å². The number of H-pyrrole nitrogens is 1. The van der Waals surface area contributed by atoms with E-state index < -0.39 is 0 Å². The molecule has 2 aromatic rings. The Balaban J connectivity index is 1.52. The summed E-state index contributed by atoms with van der Waals surface area (Å²) in [5.41, 5.74) is 1.58. The van der Waals surface area contributed by atoms with Gasteiger partial charge in [0.15, 0.2) is 0 Å². The van der Waals surface area contributed by atoms with Crippen LogP contribution in [0.2, 0.25) is 0 Å². The predicted molar refractivity (Wildman–Crippen MR) is 95.0 cm³/mol. The molecular formula is C19H21N3O3. The molecule has 1 aromatic heterocycles. The minimum absolute atomic E-state index is 0.00793. The van der Waals surface area contributed by atoms with E-state index in [0.717, 1.165) is 17.7 Å². The Labute approximate surface area is 146 Å². The molecule has 1 amide bonds. The fourth-order valence-corrected chi connectivity index (χ4v) is 2.79. The van der Waals surface area contributed by atoms with Gasteiger partial charge in [0, 0.05) is 30.9 Å². The Hall–Kier alpha value is -2.73. The monoisotopic (exact) mass is 339 g/mol. The fourth-order valence-electron chi connectivity index (χ4n) is 2.79. The van der Waals surface area contributed by atoms with Gasteiger partial charge in [-0.25, -0.2) is 4.98 Å². The highest BCUT2D eigenvalue weighted by molar-refractivity contribution is 5.91. The zero-order valence-corrected chi connectivity index (χ0v) is 13.9.